The summed E-state index contributed by atoms with van der Waals surface area (Å²) in [4.78, 5) is 2.22. The molecule has 3 N–H and O–H groups in total. The molecule has 0 fully saturated rings. The van der Waals surface area contributed by atoms with Crippen LogP contribution in [-0.2, 0) is 10.0 Å². The maximum Gasteiger partial charge on any atom is 0.242 e. The van der Waals surface area contributed by atoms with Crippen molar-refractivity contribution in [1.29, 1.82) is 0 Å². The van der Waals surface area contributed by atoms with E-state index in [4.69, 9.17) is 17.3 Å². The Hall–Kier alpha value is -0.820. The highest BCUT2D eigenvalue weighted by molar-refractivity contribution is 7.89. The van der Waals surface area contributed by atoms with Gasteiger partial charge in [0.25, 0.3) is 0 Å². The Balaban J connectivity index is 2.68. The molecule has 0 saturated heterocycles. The highest BCUT2D eigenvalue weighted by Gasteiger charge is 2.17. The largest absolute Gasteiger partial charge is 0.398 e. The third-order valence-electron chi connectivity index (χ3n) is 2.97. The number of halogens is 1. The maximum atomic E-state index is 12.2. The lowest BCUT2D eigenvalue weighted by Gasteiger charge is -2.19. The Labute approximate surface area is 126 Å². The van der Waals surface area contributed by atoms with E-state index in [1.54, 1.807) is 6.07 Å². The molecule has 0 unspecified atom stereocenters. The number of nitrogens with two attached hydrogens (primary N) is 1. The first-order valence-electron chi connectivity index (χ1n) is 6.67. The van der Waals surface area contributed by atoms with Crippen LogP contribution >= 0.6 is 11.6 Å². The molecule has 0 aliphatic rings. The second-order valence-electron chi connectivity index (χ2n) is 4.51. The van der Waals surface area contributed by atoms with Crippen molar-refractivity contribution in [3.63, 3.8) is 0 Å². The van der Waals surface area contributed by atoms with Crippen LogP contribution in [0.2, 0.25) is 5.02 Å². The van der Waals surface area contributed by atoms with Crippen LogP contribution in [0, 0.1) is 0 Å². The number of likely N-dealkylation sites (N-methyl/N-ethyl adjacent to an activating group) is 1. The third-order valence-corrected chi connectivity index (χ3v) is 4.72. The number of nitrogen functional groups attached to an aromatic ring is 1. The van der Waals surface area contributed by atoms with Gasteiger partial charge in [0.1, 0.15) is 4.90 Å². The molecule has 0 atom stereocenters. The molecule has 0 aliphatic carbocycles. The number of sulfonamides is 1. The van der Waals surface area contributed by atoms with Crippen molar-refractivity contribution in [3.8, 4) is 0 Å². The van der Waals surface area contributed by atoms with Crippen molar-refractivity contribution in [2.45, 2.75) is 25.2 Å². The van der Waals surface area contributed by atoms with Gasteiger partial charge in [-0.2, -0.15) is 0 Å². The number of nitrogens with one attached hydrogen (secondary N) is 1. The molecule has 1 aromatic rings. The van der Waals surface area contributed by atoms with E-state index in [0.717, 1.165) is 19.5 Å². The molecule has 0 saturated carbocycles. The smallest absolute Gasteiger partial charge is 0.242 e. The lowest BCUT2D eigenvalue weighted by atomic mass is 10.3. The fourth-order valence-corrected chi connectivity index (χ4v) is 3.31. The minimum atomic E-state index is -3.62. The van der Waals surface area contributed by atoms with Crippen molar-refractivity contribution in [3.05, 3.63) is 23.2 Å². The van der Waals surface area contributed by atoms with E-state index in [9.17, 15) is 8.42 Å². The van der Waals surface area contributed by atoms with E-state index in [1.165, 1.54) is 12.1 Å². The van der Waals surface area contributed by atoms with E-state index in [1.807, 2.05) is 0 Å². The Bertz CT molecular complexity index is 534. The number of hydrogen-bond acceptors (Lipinski definition) is 4. The first-order chi connectivity index (χ1) is 9.40. The Kier molecular flexibility index (Phi) is 6.75. The van der Waals surface area contributed by atoms with Gasteiger partial charge < -0.3 is 10.6 Å². The van der Waals surface area contributed by atoms with Gasteiger partial charge in [-0.3, -0.25) is 0 Å². The molecular weight excluding hydrogens is 298 g/mol. The third kappa shape index (κ3) is 4.94. The summed E-state index contributed by atoms with van der Waals surface area (Å²) in [5.74, 6) is 0. The molecule has 0 aliphatic heterocycles. The molecule has 1 aromatic carbocycles. The topological polar surface area (TPSA) is 75.4 Å². The normalized spacial score (nSPS) is 12.0. The minimum absolute atomic E-state index is 0.0311. The number of rotatable bonds is 8. The molecule has 1 rings (SSSR count). The monoisotopic (exact) mass is 319 g/mol. The standard InChI is InChI=1S/C13H22ClN3O2S/c1-3-8-17(4-2)9-7-16-20(18,19)13-10-11(14)5-6-12(13)15/h5-6,10,16H,3-4,7-9,15H2,1-2H3. The van der Waals surface area contributed by atoms with Gasteiger partial charge in [0.05, 0.1) is 5.69 Å². The zero-order valence-corrected chi connectivity index (χ0v) is 13.5. The summed E-state index contributed by atoms with van der Waals surface area (Å²) in [6, 6.07) is 4.42. The van der Waals surface area contributed by atoms with E-state index in [2.05, 4.69) is 23.5 Å². The van der Waals surface area contributed by atoms with Gasteiger partial charge in [0.15, 0.2) is 0 Å². The molecular formula is C13H22ClN3O2S. The van der Waals surface area contributed by atoms with Gasteiger partial charge in [-0.05, 0) is 37.7 Å². The van der Waals surface area contributed by atoms with Crippen molar-refractivity contribution >= 4 is 27.3 Å². The van der Waals surface area contributed by atoms with Gasteiger partial charge in [-0.15, -0.1) is 0 Å². The van der Waals surface area contributed by atoms with E-state index in [-0.39, 0.29) is 10.6 Å². The Morgan fingerprint density at radius 1 is 1.30 bits per heavy atom. The fraction of sp³-hybridized carbons (Fsp3) is 0.538. The number of benzene rings is 1. The second-order valence-corrected chi connectivity index (χ2v) is 6.69. The number of anilines is 1. The highest BCUT2D eigenvalue weighted by atomic mass is 35.5. The summed E-state index contributed by atoms with van der Waals surface area (Å²) in [6.07, 6.45) is 1.04. The Morgan fingerprint density at radius 3 is 2.60 bits per heavy atom. The van der Waals surface area contributed by atoms with Crippen LogP contribution in [-0.4, -0.2) is 39.5 Å². The van der Waals surface area contributed by atoms with Crippen LogP contribution < -0.4 is 10.5 Å². The summed E-state index contributed by atoms with van der Waals surface area (Å²) < 4.78 is 26.9. The SMILES string of the molecule is CCCN(CC)CCNS(=O)(=O)c1cc(Cl)ccc1N. The molecule has 5 nitrogen and oxygen atoms in total. The molecule has 0 heterocycles. The highest BCUT2D eigenvalue weighted by Crippen LogP contribution is 2.22. The second kappa shape index (κ2) is 7.83. The summed E-state index contributed by atoms with van der Waals surface area (Å²) in [5, 5.41) is 0.348. The van der Waals surface area contributed by atoms with Crippen molar-refractivity contribution in [2.75, 3.05) is 31.9 Å². The van der Waals surface area contributed by atoms with Gasteiger partial charge in [-0.25, -0.2) is 13.1 Å². The predicted molar refractivity (Wildman–Crippen MR) is 83.5 cm³/mol. The van der Waals surface area contributed by atoms with Gasteiger partial charge in [-0.1, -0.05) is 25.4 Å². The molecule has 0 amide bonds. The van der Waals surface area contributed by atoms with E-state index in [0.29, 0.717) is 18.1 Å². The number of nitrogens with zero attached hydrogens (tertiary/aromatic N) is 1. The molecule has 20 heavy (non-hydrogen) atoms. The molecule has 0 radical (unpaired) electrons. The first-order valence-corrected chi connectivity index (χ1v) is 8.53. The lowest BCUT2D eigenvalue weighted by molar-refractivity contribution is 0.293. The van der Waals surface area contributed by atoms with E-state index < -0.39 is 10.0 Å². The quantitative estimate of drug-likeness (QED) is 0.718. The van der Waals surface area contributed by atoms with Crippen LogP contribution in [0.15, 0.2) is 23.1 Å². The average Bonchev–Trinajstić information content (AvgIpc) is 2.40. The number of hydrogen-bond donors (Lipinski definition) is 2. The predicted octanol–water partition coefficient (Wildman–Crippen LogP) is 1.93. The molecule has 0 bridgehead atoms. The lowest BCUT2D eigenvalue weighted by Crippen LogP contribution is -2.35. The zero-order valence-electron chi connectivity index (χ0n) is 11.9. The van der Waals surface area contributed by atoms with E-state index >= 15 is 0 Å². The molecule has 0 aromatic heterocycles. The van der Waals surface area contributed by atoms with Crippen LogP contribution in [0.1, 0.15) is 20.3 Å². The summed E-state index contributed by atoms with van der Waals surface area (Å²) in [7, 11) is -3.62. The van der Waals surface area contributed by atoms with Crippen molar-refractivity contribution < 1.29 is 8.42 Å². The van der Waals surface area contributed by atoms with Crippen molar-refractivity contribution in [2.24, 2.45) is 0 Å². The summed E-state index contributed by atoms with van der Waals surface area (Å²) >= 11 is 5.82. The molecule has 0 spiro atoms. The molecule has 7 heteroatoms. The maximum absolute atomic E-state index is 12.2. The Morgan fingerprint density at radius 2 is 2.00 bits per heavy atom. The van der Waals surface area contributed by atoms with Crippen LogP contribution in [0.25, 0.3) is 0 Å². The first kappa shape index (κ1) is 17.2. The van der Waals surface area contributed by atoms with Gasteiger partial charge in [0.2, 0.25) is 10.0 Å². The van der Waals surface area contributed by atoms with Gasteiger partial charge in [0, 0.05) is 18.1 Å². The zero-order chi connectivity index (χ0) is 15.2. The molecule has 114 valence electrons. The minimum Gasteiger partial charge on any atom is -0.398 e. The van der Waals surface area contributed by atoms with Gasteiger partial charge >= 0.3 is 0 Å². The van der Waals surface area contributed by atoms with Crippen LogP contribution in [0.4, 0.5) is 5.69 Å². The average molecular weight is 320 g/mol. The summed E-state index contributed by atoms with van der Waals surface area (Å²) in [6.45, 7) is 7.02. The summed E-state index contributed by atoms with van der Waals surface area (Å²) in [5.41, 5.74) is 5.89. The van der Waals surface area contributed by atoms with Crippen molar-refractivity contribution in [1.82, 2.24) is 9.62 Å². The van der Waals surface area contributed by atoms with Crippen LogP contribution in [0.3, 0.4) is 0 Å². The van der Waals surface area contributed by atoms with Crippen LogP contribution in [0.5, 0.6) is 0 Å². The fourth-order valence-electron chi connectivity index (χ4n) is 1.90.